The Morgan fingerprint density at radius 2 is 2.40 bits per heavy atom. The second-order valence-electron chi connectivity index (χ2n) is 2.66. The molecular weight excluding hydrogens is 234 g/mol. The van der Waals surface area contributed by atoms with Gasteiger partial charge in [0, 0.05) is 12.7 Å². The molecule has 1 heterocycles. The van der Waals surface area contributed by atoms with Gasteiger partial charge in [-0.05, 0) is 31.3 Å². The Balaban J connectivity index is 2.70. The Morgan fingerprint density at radius 3 is 3.00 bits per heavy atom. The highest BCUT2D eigenvalue weighted by atomic mass is 35.5. The highest BCUT2D eigenvalue weighted by Gasteiger charge is 2.11. The van der Waals surface area contributed by atoms with Gasteiger partial charge in [0.1, 0.15) is 5.15 Å². The van der Waals surface area contributed by atoms with Crippen LogP contribution in [0.25, 0.3) is 0 Å². The van der Waals surface area contributed by atoms with Crippen molar-refractivity contribution in [3.63, 3.8) is 0 Å². The highest BCUT2D eigenvalue weighted by Crippen LogP contribution is 2.10. The quantitative estimate of drug-likeness (QED) is 0.608. The van der Waals surface area contributed by atoms with Gasteiger partial charge in [0.2, 0.25) is 0 Å². The van der Waals surface area contributed by atoms with Gasteiger partial charge in [-0.3, -0.25) is 10.1 Å². The average molecular weight is 244 g/mol. The van der Waals surface area contributed by atoms with Crippen LogP contribution in [-0.2, 0) is 0 Å². The standard InChI is InChI=1S/C9H10ClN3OS/c1-2-11-9(15)13-8(14)6-4-3-5-12-7(6)10/h3-5H,2H2,1H3,(H2,11,13,14,15). The fourth-order valence-electron chi connectivity index (χ4n) is 0.931. The summed E-state index contributed by atoms with van der Waals surface area (Å²) in [6.07, 6.45) is 1.52. The Bertz CT molecular complexity index is 383. The SMILES string of the molecule is CCNC(=S)NC(=O)c1cccnc1Cl. The van der Waals surface area contributed by atoms with E-state index in [-0.39, 0.29) is 16.2 Å². The molecule has 0 atom stereocenters. The van der Waals surface area contributed by atoms with Crippen LogP contribution in [0.2, 0.25) is 5.15 Å². The number of rotatable bonds is 2. The van der Waals surface area contributed by atoms with E-state index in [9.17, 15) is 4.79 Å². The summed E-state index contributed by atoms with van der Waals surface area (Å²) >= 11 is 10.6. The fourth-order valence-corrected chi connectivity index (χ4v) is 1.37. The second-order valence-corrected chi connectivity index (χ2v) is 3.42. The minimum absolute atomic E-state index is 0.161. The maximum Gasteiger partial charge on any atom is 0.260 e. The third-order valence-electron chi connectivity index (χ3n) is 1.57. The van der Waals surface area contributed by atoms with E-state index < -0.39 is 0 Å². The molecule has 6 heteroatoms. The molecule has 0 aliphatic carbocycles. The number of hydrogen-bond acceptors (Lipinski definition) is 3. The van der Waals surface area contributed by atoms with Gasteiger partial charge in [0.15, 0.2) is 5.11 Å². The lowest BCUT2D eigenvalue weighted by atomic mass is 10.3. The Labute approximate surface area is 98.0 Å². The Hall–Kier alpha value is -1.20. The molecule has 0 aliphatic heterocycles. The summed E-state index contributed by atoms with van der Waals surface area (Å²) in [5.74, 6) is -0.362. The van der Waals surface area contributed by atoms with Crippen molar-refractivity contribution < 1.29 is 4.79 Å². The van der Waals surface area contributed by atoms with Crippen molar-refractivity contribution in [3.8, 4) is 0 Å². The lowest BCUT2D eigenvalue weighted by molar-refractivity contribution is 0.0976. The van der Waals surface area contributed by atoms with Crippen molar-refractivity contribution in [3.05, 3.63) is 29.0 Å². The number of carbonyl (C=O) groups is 1. The van der Waals surface area contributed by atoms with E-state index in [1.54, 1.807) is 12.1 Å². The molecule has 0 bridgehead atoms. The fraction of sp³-hybridized carbons (Fsp3) is 0.222. The van der Waals surface area contributed by atoms with Crippen molar-refractivity contribution >= 4 is 34.8 Å². The number of nitrogens with zero attached hydrogens (tertiary/aromatic N) is 1. The largest absolute Gasteiger partial charge is 0.363 e. The number of hydrogen-bond donors (Lipinski definition) is 2. The van der Waals surface area contributed by atoms with Crippen LogP contribution in [0.5, 0.6) is 0 Å². The molecule has 0 aliphatic rings. The smallest absolute Gasteiger partial charge is 0.260 e. The van der Waals surface area contributed by atoms with E-state index in [1.807, 2.05) is 6.92 Å². The molecule has 1 amide bonds. The van der Waals surface area contributed by atoms with E-state index in [0.29, 0.717) is 12.1 Å². The maximum absolute atomic E-state index is 11.6. The molecule has 15 heavy (non-hydrogen) atoms. The Morgan fingerprint density at radius 1 is 1.67 bits per heavy atom. The molecule has 0 saturated carbocycles. The molecule has 1 aromatic heterocycles. The van der Waals surface area contributed by atoms with Gasteiger partial charge in [-0.1, -0.05) is 11.6 Å². The van der Waals surface area contributed by atoms with Crippen LogP contribution < -0.4 is 10.6 Å². The number of thiocarbonyl (C=S) groups is 1. The van der Waals surface area contributed by atoms with Gasteiger partial charge in [-0.15, -0.1) is 0 Å². The molecule has 0 spiro atoms. The molecule has 0 unspecified atom stereocenters. The predicted molar refractivity (Wildman–Crippen MR) is 63.0 cm³/mol. The topological polar surface area (TPSA) is 54.0 Å². The summed E-state index contributed by atoms with van der Waals surface area (Å²) in [5.41, 5.74) is 0.305. The molecule has 0 radical (unpaired) electrons. The molecule has 0 aromatic carbocycles. The molecule has 0 fully saturated rings. The highest BCUT2D eigenvalue weighted by molar-refractivity contribution is 7.80. The van der Waals surface area contributed by atoms with Crippen molar-refractivity contribution in [2.24, 2.45) is 0 Å². The molecule has 2 N–H and O–H groups in total. The summed E-state index contributed by atoms with van der Waals surface area (Å²) in [6, 6.07) is 3.22. The molecular formula is C9H10ClN3OS. The lowest BCUT2D eigenvalue weighted by Crippen LogP contribution is -2.39. The van der Waals surface area contributed by atoms with Gasteiger partial charge in [-0.2, -0.15) is 0 Å². The number of carbonyl (C=O) groups excluding carboxylic acids is 1. The van der Waals surface area contributed by atoms with Crippen LogP contribution in [0.4, 0.5) is 0 Å². The third kappa shape index (κ3) is 3.45. The molecule has 1 aromatic rings. The monoisotopic (exact) mass is 243 g/mol. The number of nitrogens with one attached hydrogen (secondary N) is 2. The average Bonchev–Trinajstić information content (AvgIpc) is 2.18. The minimum atomic E-state index is -0.362. The van der Waals surface area contributed by atoms with Crippen molar-refractivity contribution in [2.75, 3.05) is 6.54 Å². The van der Waals surface area contributed by atoms with E-state index in [0.717, 1.165) is 0 Å². The normalized spacial score (nSPS) is 9.47. The van der Waals surface area contributed by atoms with Gasteiger partial charge in [0.25, 0.3) is 5.91 Å². The summed E-state index contributed by atoms with van der Waals surface area (Å²) in [7, 11) is 0. The van der Waals surface area contributed by atoms with Gasteiger partial charge in [0.05, 0.1) is 5.56 Å². The van der Waals surface area contributed by atoms with Gasteiger partial charge < -0.3 is 5.32 Å². The molecule has 80 valence electrons. The van der Waals surface area contributed by atoms with Gasteiger partial charge >= 0.3 is 0 Å². The first-order valence-corrected chi connectivity index (χ1v) is 5.13. The van der Waals surface area contributed by atoms with Crippen molar-refractivity contribution in [2.45, 2.75) is 6.92 Å². The number of amides is 1. The van der Waals surface area contributed by atoms with Crippen LogP contribution in [0.15, 0.2) is 18.3 Å². The second kappa shape index (κ2) is 5.63. The molecule has 4 nitrogen and oxygen atoms in total. The number of aromatic nitrogens is 1. The van der Waals surface area contributed by atoms with Crippen LogP contribution in [-0.4, -0.2) is 22.5 Å². The van der Waals surface area contributed by atoms with Crippen molar-refractivity contribution in [1.29, 1.82) is 0 Å². The van der Waals surface area contributed by atoms with Crippen LogP contribution in [0.3, 0.4) is 0 Å². The van der Waals surface area contributed by atoms with E-state index in [1.165, 1.54) is 6.20 Å². The van der Waals surface area contributed by atoms with E-state index in [4.69, 9.17) is 23.8 Å². The van der Waals surface area contributed by atoms with Crippen LogP contribution in [0, 0.1) is 0 Å². The minimum Gasteiger partial charge on any atom is -0.363 e. The predicted octanol–water partition coefficient (Wildman–Crippen LogP) is 1.36. The van der Waals surface area contributed by atoms with E-state index >= 15 is 0 Å². The lowest BCUT2D eigenvalue weighted by Gasteiger charge is -2.07. The molecule has 1 rings (SSSR count). The first kappa shape index (κ1) is 11.9. The summed E-state index contributed by atoms with van der Waals surface area (Å²) in [5, 5.41) is 5.74. The van der Waals surface area contributed by atoms with Gasteiger partial charge in [-0.25, -0.2) is 4.98 Å². The van der Waals surface area contributed by atoms with Crippen LogP contribution >= 0.6 is 23.8 Å². The third-order valence-corrected chi connectivity index (χ3v) is 2.12. The number of pyridine rings is 1. The zero-order chi connectivity index (χ0) is 11.3. The van der Waals surface area contributed by atoms with Crippen molar-refractivity contribution in [1.82, 2.24) is 15.6 Å². The summed E-state index contributed by atoms with van der Waals surface area (Å²) in [4.78, 5) is 15.4. The zero-order valence-corrected chi connectivity index (χ0v) is 9.65. The zero-order valence-electron chi connectivity index (χ0n) is 8.08. The Kier molecular flexibility index (Phi) is 4.45. The van der Waals surface area contributed by atoms with Crippen LogP contribution in [0.1, 0.15) is 17.3 Å². The maximum atomic E-state index is 11.6. The number of halogens is 1. The summed E-state index contributed by atoms with van der Waals surface area (Å²) in [6.45, 7) is 2.54. The first-order valence-electron chi connectivity index (χ1n) is 4.35. The summed E-state index contributed by atoms with van der Waals surface area (Å²) < 4.78 is 0. The molecule has 0 saturated heterocycles. The van der Waals surface area contributed by atoms with E-state index in [2.05, 4.69) is 15.6 Å². The first-order chi connectivity index (χ1) is 7.15.